The Morgan fingerprint density at radius 2 is 1.18 bits per heavy atom. The van der Waals surface area contributed by atoms with Crippen molar-refractivity contribution in [3.8, 4) is 16.8 Å². The minimum atomic E-state index is -0.381. The van der Waals surface area contributed by atoms with Crippen molar-refractivity contribution in [2.75, 3.05) is 0 Å². The van der Waals surface area contributed by atoms with Gasteiger partial charge in [-0.2, -0.15) is 0 Å². The summed E-state index contributed by atoms with van der Waals surface area (Å²) in [5.74, 6) is 0. The Kier molecular flexibility index (Phi) is 5.10. The molecule has 5 aromatic carbocycles. The standard InChI is InChI=1S/C34H30BNO2/c1-33(2)34(3,4)38-35(37-33)27-15-9-13-23(19-27)24-14-10-16-28(20-24)36-31-18-8-7-17-29(31)30-21-25-11-5-6-12-26(25)22-32(30)36/h5-22H,1-4H3. The van der Waals surface area contributed by atoms with E-state index in [1.807, 2.05) is 0 Å². The number of aromatic nitrogens is 1. The molecule has 38 heavy (non-hydrogen) atoms. The predicted octanol–water partition coefficient (Wildman–Crippen LogP) is 7.90. The van der Waals surface area contributed by atoms with Crippen LogP contribution in [0, 0.1) is 0 Å². The Balaban J connectivity index is 1.36. The van der Waals surface area contributed by atoms with Gasteiger partial charge in [-0.25, -0.2) is 0 Å². The van der Waals surface area contributed by atoms with Crippen LogP contribution in [0.3, 0.4) is 0 Å². The summed E-state index contributed by atoms with van der Waals surface area (Å²) >= 11 is 0. The van der Waals surface area contributed by atoms with Gasteiger partial charge >= 0.3 is 7.12 Å². The van der Waals surface area contributed by atoms with E-state index in [2.05, 4.69) is 141 Å². The average molecular weight is 495 g/mol. The summed E-state index contributed by atoms with van der Waals surface area (Å²) in [5.41, 5.74) is 6.18. The van der Waals surface area contributed by atoms with Crippen molar-refractivity contribution in [3.05, 3.63) is 109 Å². The lowest BCUT2D eigenvalue weighted by molar-refractivity contribution is 0.00578. The molecule has 0 N–H and O–H groups in total. The summed E-state index contributed by atoms with van der Waals surface area (Å²) in [7, 11) is -0.381. The molecular weight excluding hydrogens is 465 g/mol. The first-order chi connectivity index (χ1) is 18.3. The molecule has 3 nitrogen and oxygen atoms in total. The highest BCUT2D eigenvalue weighted by atomic mass is 16.7. The van der Waals surface area contributed by atoms with Gasteiger partial charge in [-0.1, -0.05) is 78.9 Å². The molecule has 0 spiro atoms. The van der Waals surface area contributed by atoms with Crippen LogP contribution < -0.4 is 5.46 Å². The highest BCUT2D eigenvalue weighted by Crippen LogP contribution is 2.38. The van der Waals surface area contributed by atoms with Gasteiger partial charge in [0.1, 0.15) is 0 Å². The predicted molar refractivity (Wildman–Crippen MR) is 159 cm³/mol. The third-order valence-electron chi connectivity index (χ3n) is 8.39. The van der Waals surface area contributed by atoms with E-state index in [0.29, 0.717) is 0 Å². The molecule has 0 atom stereocenters. The zero-order valence-corrected chi connectivity index (χ0v) is 22.2. The van der Waals surface area contributed by atoms with E-state index in [1.165, 1.54) is 32.6 Å². The third kappa shape index (κ3) is 3.59. The number of para-hydroxylation sites is 1. The minimum absolute atomic E-state index is 0.367. The molecule has 1 fully saturated rings. The maximum absolute atomic E-state index is 6.33. The van der Waals surface area contributed by atoms with E-state index >= 15 is 0 Å². The molecule has 1 aliphatic rings. The van der Waals surface area contributed by atoms with Gasteiger partial charge in [0.15, 0.2) is 0 Å². The highest BCUT2D eigenvalue weighted by Gasteiger charge is 2.51. The van der Waals surface area contributed by atoms with Gasteiger partial charge in [0.25, 0.3) is 0 Å². The zero-order chi connectivity index (χ0) is 26.1. The second-order valence-corrected chi connectivity index (χ2v) is 11.3. The Labute approximate surface area is 223 Å². The van der Waals surface area contributed by atoms with E-state index in [4.69, 9.17) is 9.31 Å². The van der Waals surface area contributed by atoms with E-state index in [9.17, 15) is 0 Å². The van der Waals surface area contributed by atoms with Gasteiger partial charge in [0.05, 0.1) is 22.2 Å². The Hall–Kier alpha value is -3.86. The van der Waals surface area contributed by atoms with E-state index in [0.717, 1.165) is 22.3 Å². The van der Waals surface area contributed by atoms with Crippen molar-refractivity contribution < 1.29 is 9.31 Å². The van der Waals surface area contributed by atoms with E-state index < -0.39 is 0 Å². The molecule has 0 amide bonds. The number of benzene rings is 5. The first-order valence-corrected chi connectivity index (χ1v) is 13.3. The second-order valence-electron chi connectivity index (χ2n) is 11.3. The molecule has 0 aliphatic carbocycles. The fraction of sp³-hybridized carbons (Fsp3) is 0.176. The molecule has 6 aromatic rings. The lowest BCUT2D eigenvalue weighted by atomic mass is 9.78. The number of fused-ring (bicyclic) bond motifs is 4. The fourth-order valence-corrected chi connectivity index (χ4v) is 5.60. The topological polar surface area (TPSA) is 23.4 Å². The van der Waals surface area contributed by atoms with Crippen LogP contribution in [-0.2, 0) is 9.31 Å². The van der Waals surface area contributed by atoms with Crippen LogP contribution in [0.2, 0.25) is 0 Å². The summed E-state index contributed by atoms with van der Waals surface area (Å²) in [6.07, 6.45) is 0. The number of hydrogen-bond donors (Lipinski definition) is 0. The molecule has 2 heterocycles. The summed E-state index contributed by atoms with van der Waals surface area (Å²) in [6.45, 7) is 8.37. The molecular formula is C34H30BNO2. The van der Waals surface area contributed by atoms with Crippen LogP contribution in [-0.4, -0.2) is 22.9 Å². The van der Waals surface area contributed by atoms with Crippen molar-refractivity contribution in [2.45, 2.75) is 38.9 Å². The average Bonchev–Trinajstić information content (AvgIpc) is 3.36. The largest absolute Gasteiger partial charge is 0.494 e. The second kappa shape index (κ2) is 8.32. The SMILES string of the molecule is CC1(C)OB(c2cccc(-c3cccc(-n4c5ccccc5c5cc6ccccc6cc54)c3)c2)OC1(C)C. The van der Waals surface area contributed by atoms with Crippen LogP contribution in [0.5, 0.6) is 0 Å². The van der Waals surface area contributed by atoms with Crippen LogP contribution >= 0.6 is 0 Å². The Bertz CT molecular complexity index is 1830. The van der Waals surface area contributed by atoms with Crippen molar-refractivity contribution in [3.63, 3.8) is 0 Å². The quantitative estimate of drug-likeness (QED) is 0.233. The molecule has 4 heteroatoms. The van der Waals surface area contributed by atoms with Crippen molar-refractivity contribution in [1.29, 1.82) is 0 Å². The third-order valence-corrected chi connectivity index (χ3v) is 8.39. The minimum Gasteiger partial charge on any atom is -0.399 e. The summed E-state index contributed by atoms with van der Waals surface area (Å²) in [6, 6.07) is 39.2. The first-order valence-electron chi connectivity index (χ1n) is 13.3. The van der Waals surface area contributed by atoms with Crippen LogP contribution in [0.1, 0.15) is 27.7 Å². The summed E-state index contributed by atoms with van der Waals surface area (Å²) in [4.78, 5) is 0. The molecule has 186 valence electrons. The number of rotatable bonds is 3. The maximum atomic E-state index is 6.33. The molecule has 0 unspecified atom stereocenters. The number of hydrogen-bond acceptors (Lipinski definition) is 2. The Morgan fingerprint density at radius 3 is 1.95 bits per heavy atom. The normalized spacial score (nSPS) is 16.6. The van der Waals surface area contributed by atoms with Crippen LogP contribution in [0.25, 0.3) is 49.4 Å². The van der Waals surface area contributed by atoms with Gasteiger partial charge in [0, 0.05) is 16.5 Å². The molecule has 1 aromatic heterocycles. The van der Waals surface area contributed by atoms with Gasteiger partial charge in [0.2, 0.25) is 0 Å². The first kappa shape index (κ1) is 23.3. The van der Waals surface area contributed by atoms with E-state index in [1.54, 1.807) is 0 Å². The van der Waals surface area contributed by atoms with Gasteiger partial charge < -0.3 is 13.9 Å². The summed E-state index contributed by atoms with van der Waals surface area (Å²) < 4.78 is 15.0. The van der Waals surface area contributed by atoms with Gasteiger partial charge in [-0.15, -0.1) is 0 Å². The highest BCUT2D eigenvalue weighted by molar-refractivity contribution is 6.62. The lowest BCUT2D eigenvalue weighted by Gasteiger charge is -2.32. The lowest BCUT2D eigenvalue weighted by Crippen LogP contribution is -2.41. The molecule has 1 aliphatic heterocycles. The van der Waals surface area contributed by atoms with Crippen molar-refractivity contribution in [1.82, 2.24) is 4.57 Å². The van der Waals surface area contributed by atoms with Crippen LogP contribution in [0.15, 0.2) is 109 Å². The molecule has 0 bridgehead atoms. The zero-order valence-electron chi connectivity index (χ0n) is 22.2. The molecule has 1 saturated heterocycles. The van der Waals surface area contributed by atoms with Crippen LogP contribution in [0.4, 0.5) is 0 Å². The van der Waals surface area contributed by atoms with Gasteiger partial charge in [-0.05, 0) is 85.4 Å². The molecule has 0 saturated carbocycles. The number of nitrogens with zero attached hydrogens (tertiary/aromatic N) is 1. The Morgan fingerprint density at radius 1 is 0.553 bits per heavy atom. The molecule has 7 rings (SSSR count). The maximum Gasteiger partial charge on any atom is 0.494 e. The molecule has 0 radical (unpaired) electrons. The smallest absolute Gasteiger partial charge is 0.399 e. The summed E-state index contributed by atoms with van der Waals surface area (Å²) in [5, 5.41) is 5.04. The van der Waals surface area contributed by atoms with E-state index in [-0.39, 0.29) is 18.3 Å². The van der Waals surface area contributed by atoms with Crippen molar-refractivity contribution >= 4 is 45.2 Å². The fourth-order valence-electron chi connectivity index (χ4n) is 5.60. The van der Waals surface area contributed by atoms with Gasteiger partial charge in [-0.3, -0.25) is 0 Å². The van der Waals surface area contributed by atoms with Crippen molar-refractivity contribution in [2.24, 2.45) is 0 Å². The monoisotopic (exact) mass is 495 g/mol.